The Bertz CT molecular complexity index is 475. The Morgan fingerprint density at radius 3 is 2.64 bits per heavy atom. The molecule has 0 aliphatic rings. The Kier molecular flexibility index (Phi) is 2.17. The van der Waals surface area contributed by atoms with Gasteiger partial charge in [-0.2, -0.15) is 13.2 Å². The molecule has 0 unspecified atom stereocenters. The van der Waals surface area contributed by atoms with Gasteiger partial charge >= 0.3 is 6.18 Å². The summed E-state index contributed by atoms with van der Waals surface area (Å²) in [6.07, 6.45) is -2.93. The number of imidazole rings is 1. The Morgan fingerprint density at radius 2 is 2.00 bits per heavy atom. The predicted octanol–water partition coefficient (Wildman–Crippen LogP) is 3.19. The van der Waals surface area contributed by atoms with Crippen LogP contribution in [0.1, 0.15) is 5.56 Å². The van der Waals surface area contributed by atoms with Gasteiger partial charge in [-0.3, -0.25) is 0 Å². The molecule has 0 spiro atoms. The fourth-order valence-electron chi connectivity index (χ4n) is 1.19. The summed E-state index contributed by atoms with van der Waals surface area (Å²) >= 11 is 1.66. The van der Waals surface area contributed by atoms with E-state index in [1.807, 2.05) is 0 Å². The number of fused-ring (bicyclic) bond motifs is 1. The van der Waals surface area contributed by atoms with Gasteiger partial charge in [0.05, 0.1) is 21.0 Å². The van der Waals surface area contributed by atoms with Gasteiger partial charge in [-0.25, -0.2) is 4.98 Å². The summed E-state index contributed by atoms with van der Waals surface area (Å²) in [4.78, 5) is 6.59. The lowest BCUT2D eigenvalue weighted by Crippen LogP contribution is -2.07. The molecule has 6 heteroatoms. The highest BCUT2D eigenvalue weighted by molar-refractivity contribution is 14.1. The lowest BCUT2D eigenvalue weighted by molar-refractivity contribution is -0.138. The largest absolute Gasteiger partial charge is 0.417 e. The molecule has 0 fully saturated rings. The van der Waals surface area contributed by atoms with Crippen LogP contribution in [0.5, 0.6) is 0 Å². The normalized spacial score (nSPS) is 12.3. The summed E-state index contributed by atoms with van der Waals surface area (Å²) in [7, 11) is 0. The highest BCUT2D eigenvalue weighted by atomic mass is 127. The maximum atomic E-state index is 12.4. The molecular formula is C8H4F3IN2. The van der Waals surface area contributed by atoms with Crippen LogP contribution in [0.2, 0.25) is 0 Å². The minimum absolute atomic E-state index is 0.133. The van der Waals surface area contributed by atoms with E-state index in [0.717, 1.165) is 6.07 Å². The Hall–Kier alpha value is -0.790. The molecule has 2 nitrogen and oxygen atoms in total. The summed E-state index contributed by atoms with van der Waals surface area (Å²) in [6, 6.07) is 2.44. The second kappa shape index (κ2) is 3.11. The first-order valence-corrected chi connectivity index (χ1v) is 4.77. The number of hydrogen-bond acceptors (Lipinski definition) is 1. The second-order valence-corrected chi connectivity index (χ2v) is 3.80. The first kappa shape index (κ1) is 9.75. The molecule has 0 aliphatic carbocycles. The van der Waals surface area contributed by atoms with Gasteiger partial charge in [0.25, 0.3) is 0 Å². The minimum atomic E-state index is -4.32. The van der Waals surface area contributed by atoms with Crippen molar-refractivity contribution in [1.29, 1.82) is 0 Å². The van der Waals surface area contributed by atoms with Gasteiger partial charge in [-0.1, -0.05) is 0 Å². The van der Waals surface area contributed by atoms with Gasteiger partial charge in [0, 0.05) is 0 Å². The molecule has 74 valence electrons. The van der Waals surface area contributed by atoms with Crippen molar-refractivity contribution in [2.45, 2.75) is 6.18 Å². The van der Waals surface area contributed by atoms with Crippen LogP contribution in [0.4, 0.5) is 13.2 Å². The topological polar surface area (TPSA) is 28.7 Å². The maximum absolute atomic E-state index is 12.4. The van der Waals surface area contributed by atoms with Crippen molar-refractivity contribution in [3.05, 3.63) is 27.6 Å². The van der Waals surface area contributed by atoms with Crippen LogP contribution < -0.4 is 0 Å². The van der Waals surface area contributed by atoms with Crippen molar-refractivity contribution < 1.29 is 13.2 Å². The van der Waals surface area contributed by atoms with Crippen molar-refractivity contribution in [3.63, 3.8) is 0 Å². The van der Waals surface area contributed by atoms with E-state index in [1.165, 1.54) is 12.4 Å². The number of rotatable bonds is 0. The van der Waals surface area contributed by atoms with Gasteiger partial charge in [0.2, 0.25) is 0 Å². The summed E-state index contributed by atoms with van der Waals surface area (Å²) in [6.45, 7) is 0. The van der Waals surface area contributed by atoms with Crippen molar-refractivity contribution >= 4 is 33.6 Å². The van der Waals surface area contributed by atoms with Crippen LogP contribution in [0.3, 0.4) is 0 Å². The monoisotopic (exact) mass is 312 g/mol. The number of H-pyrrole nitrogens is 1. The van der Waals surface area contributed by atoms with Crippen LogP contribution >= 0.6 is 22.6 Å². The third kappa shape index (κ3) is 1.47. The van der Waals surface area contributed by atoms with E-state index < -0.39 is 11.7 Å². The number of hydrogen-bond donors (Lipinski definition) is 1. The van der Waals surface area contributed by atoms with Crippen LogP contribution in [0, 0.1) is 3.57 Å². The van der Waals surface area contributed by atoms with Gasteiger partial charge in [0.1, 0.15) is 5.52 Å². The quantitative estimate of drug-likeness (QED) is 0.744. The zero-order chi connectivity index (χ0) is 10.3. The number of halogens is 4. The summed E-state index contributed by atoms with van der Waals surface area (Å²) < 4.78 is 37.5. The fraction of sp³-hybridized carbons (Fsp3) is 0.125. The molecule has 1 aromatic carbocycles. The van der Waals surface area contributed by atoms with E-state index in [9.17, 15) is 13.2 Å². The average Bonchev–Trinajstić information content (AvgIpc) is 2.50. The molecule has 0 amide bonds. The lowest BCUT2D eigenvalue weighted by atomic mass is 10.2. The molecule has 0 radical (unpaired) electrons. The molecule has 0 saturated heterocycles. The Morgan fingerprint density at radius 1 is 1.29 bits per heavy atom. The zero-order valence-corrected chi connectivity index (χ0v) is 8.85. The first-order chi connectivity index (χ1) is 6.50. The Balaban J connectivity index is 2.74. The molecule has 0 saturated carbocycles. The van der Waals surface area contributed by atoms with Crippen LogP contribution in [0.25, 0.3) is 11.0 Å². The van der Waals surface area contributed by atoms with Crippen LogP contribution in [-0.2, 0) is 6.18 Å². The summed E-state index contributed by atoms with van der Waals surface area (Å²) in [5.74, 6) is 0. The van der Waals surface area contributed by atoms with E-state index in [4.69, 9.17) is 0 Å². The number of alkyl halides is 3. The van der Waals surface area contributed by atoms with E-state index >= 15 is 0 Å². The molecule has 1 aromatic heterocycles. The third-order valence-electron chi connectivity index (χ3n) is 1.84. The Labute approximate surface area is 90.7 Å². The standard InChI is InChI=1S/C8H4F3IN2/c9-8(10,11)4-1-2-5-7(6(4)12)14-3-13-5/h1-3H,(H,13,14). The highest BCUT2D eigenvalue weighted by Crippen LogP contribution is 2.35. The summed E-state index contributed by atoms with van der Waals surface area (Å²) in [5.41, 5.74) is 0.334. The van der Waals surface area contributed by atoms with Gasteiger partial charge in [-0.15, -0.1) is 0 Å². The molecular weight excluding hydrogens is 308 g/mol. The molecule has 0 aliphatic heterocycles. The minimum Gasteiger partial charge on any atom is -0.345 e. The first-order valence-electron chi connectivity index (χ1n) is 3.69. The molecule has 0 bridgehead atoms. The van der Waals surface area contributed by atoms with Crippen molar-refractivity contribution in [3.8, 4) is 0 Å². The lowest BCUT2D eigenvalue weighted by Gasteiger charge is -2.08. The molecule has 2 rings (SSSR count). The zero-order valence-electron chi connectivity index (χ0n) is 6.69. The number of nitrogens with zero attached hydrogens (tertiary/aromatic N) is 1. The van der Waals surface area contributed by atoms with Crippen LogP contribution in [-0.4, -0.2) is 9.97 Å². The van der Waals surface area contributed by atoms with E-state index in [-0.39, 0.29) is 3.57 Å². The maximum Gasteiger partial charge on any atom is 0.417 e. The number of nitrogens with one attached hydrogen (secondary N) is 1. The molecule has 14 heavy (non-hydrogen) atoms. The van der Waals surface area contributed by atoms with Crippen molar-refractivity contribution in [2.24, 2.45) is 0 Å². The highest BCUT2D eigenvalue weighted by Gasteiger charge is 2.33. The van der Waals surface area contributed by atoms with Gasteiger partial charge < -0.3 is 4.98 Å². The molecule has 2 aromatic rings. The third-order valence-corrected chi connectivity index (χ3v) is 2.93. The molecule has 0 atom stereocenters. The smallest absolute Gasteiger partial charge is 0.345 e. The molecule has 1 N–H and O–H groups in total. The average molecular weight is 312 g/mol. The number of aromatic amines is 1. The van der Waals surface area contributed by atoms with Crippen molar-refractivity contribution in [2.75, 3.05) is 0 Å². The van der Waals surface area contributed by atoms with Crippen LogP contribution in [0.15, 0.2) is 18.5 Å². The summed E-state index contributed by atoms with van der Waals surface area (Å²) in [5, 5.41) is 0. The number of aromatic nitrogens is 2. The second-order valence-electron chi connectivity index (χ2n) is 2.72. The van der Waals surface area contributed by atoms with E-state index in [0.29, 0.717) is 11.0 Å². The van der Waals surface area contributed by atoms with E-state index in [1.54, 1.807) is 22.6 Å². The molecule has 1 heterocycles. The van der Waals surface area contributed by atoms with Gasteiger partial charge in [-0.05, 0) is 34.7 Å². The number of benzene rings is 1. The predicted molar refractivity (Wildman–Crippen MR) is 53.8 cm³/mol. The van der Waals surface area contributed by atoms with Gasteiger partial charge in [0.15, 0.2) is 0 Å². The SMILES string of the molecule is FC(F)(F)c1ccc2[nH]cnc2c1I. The van der Waals surface area contributed by atoms with E-state index in [2.05, 4.69) is 9.97 Å². The van der Waals surface area contributed by atoms with Crippen molar-refractivity contribution in [1.82, 2.24) is 9.97 Å². The fourth-order valence-corrected chi connectivity index (χ4v) is 2.11.